The van der Waals surface area contributed by atoms with Crippen molar-refractivity contribution in [3.8, 4) is 5.69 Å². The van der Waals surface area contributed by atoms with Crippen LogP contribution in [-0.2, 0) is 4.79 Å². The fourth-order valence-corrected chi connectivity index (χ4v) is 3.10. The van der Waals surface area contributed by atoms with Crippen LogP contribution in [0.4, 0.5) is 0 Å². The van der Waals surface area contributed by atoms with Crippen LogP contribution in [0.15, 0.2) is 36.4 Å². The molecule has 0 aliphatic heterocycles. The molecule has 0 bridgehead atoms. The third-order valence-corrected chi connectivity index (χ3v) is 4.78. The first-order chi connectivity index (χ1) is 11.6. The first-order valence-electron chi connectivity index (χ1n) is 8.31. The predicted molar refractivity (Wildman–Crippen MR) is 87.2 cm³/mol. The Balaban J connectivity index is 1.55. The quantitative estimate of drug-likeness (QED) is 0.884. The summed E-state index contributed by atoms with van der Waals surface area (Å²) < 4.78 is 1.69. The van der Waals surface area contributed by atoms with Gasteiger partial charge in [-0.3, -0.25) is 9.59 Å². The Morgan fingerprint density at radius 1 is 1.17 bits per heavy atom. The van der Waals surface area contributed by atoms with E-state index in [4.69, 9.17) is 5.11 Å². The molecule has 2 aromatic rings. The summed E-state index contributed by atoms with van der Waals surface area (Å²) in [7, 11) is 0. The van der Waals surface area contributed by atoms with E-state index in [0.29, 0.717) is 24.5 Å². The number of amides is 1. The van der Waals surface area contributed by atoms with E-state index in [0.717, 1.165) is 24.2 Å². The van der Waals surface area contributed by atoms with Gasteiger partial charge in [-0.15, -0.1) is 0 Å². The van der Waals surface area contributed by atoms with Gasteiger partial charge in [0.15, 0.2) is 0 Å². The van der Waals surface area contributed by atoms with Crippen LogP contribution in [0.25, 0.3) is 5.69 Å². The molecule has 124 valence electrons. The summed E-state index contributed by atoms with van der Waals surface area (Å²) in [6.45, 7) is 0. The molecule has 1 aromatic carbocycles. The molecule has 0 atom stereocenters. The number of nitrogens with one attached hydrogen (secondary N) is 1. The summed E-state index contributed by atoms with van der Waals surface area (Å²) >= 11 is 0. The van der Waals surface area contributed by atoms with Crippen LogP contribution in [0, 0.1) is 5.92 Å². The zero-order chi connectivity index (χ0) is 16.7. The van der Waals surface area contributed by atoms with E-state index >= 15 is 0 Å². The number of para-hydroxylation sites is 1. The number of aromatic nitrogens is 2. The van der Waals surface area contributed by atoms with Crippen LogP contribution < -0.4 is 5.32 Å². The van der Waals surface area contributed by atoms with Crippen molar-refractivity contribution in [1.82, 2.24) is 15.1 Å². The van der Waals surface area contributed by atoms with E-state index in [-0.39, 0.29) is 17.9 Å². The van der Waals surface area contributed by atoms with Gasteiger partial charge in [0.25, 0.3) is 5.91 Å². The number of nitrogens with zero attached hydrogens (tertiary/aromatic N) is 2. The van der Waals surface area contributed by atoms with Crippen LogP contribution in [0.3, 0.4) is 0 Å². The van der Waals surface area contributed by atoms with Crippen molar-refractivity contribution in [3.63, 3.8) is 0 Å². The van der Waals surface area contributed by atoms with Gasteiger partial charge >= 0.3 is 5.97 Å². The standard InChI is InChI=1S/C18H19N3O3/c22-17(19-13-8-12(9-13)18(23)24)16-10-15(11-6-7-11)20-21(16)14-4-2-1-3-5-14/h1-5,10-13H,6-9H2,(H,19,22)(H,23,24). The summed E-state index contributed by atoms with van der Waals surface area (Å²) in [6.07, 6.45) is 3.23. The molecule has 0 unspecified atom stereocenters. The zero-order valence-electron chi connectivity index (χ0n) is 13.2. The maximum atomic E-state index is 12.7. The van der Waals surface area contributed by atoms with Crippen molar-refractivity contribution in [1.29, 1.82) is 0 Å². The van der Waals surface area contributed by atoms with E-state index < -0.39 is 5.97 Å². The lowest BCUT2D eigenvalue weighted by molar-refractivity contribution is -0.145. The van der Waals surface area contributed by atoms with Gasteiger partial charge in [-0.1, -0.05) is 18.2 Å². The van der Waals surface area contributed by atoms with E-state index in [1.54, 1.807) is 4.68 Å². The number of hydrogen-bond acceptors (Lipinski definition) is 3. The maximum absolute atomic E-state index is 12.7. The van der Waals surface area contributed by atoms with Crippen LogP contribution in [0.5, 0.6) is 0 Å². The lowest BCUT2D eigenvalue weighted by Gasteiger charge is -2.32. The first kappa shape index (κ1) is 14.9. The Morgan fingerprint density at radius 2 is 1.88 bits per heavy atom. The SMILES string of the molecule is O=C(NC1CC(C(=O)O)C1)c1cc(C2CC2)nn1-c1ccccc1. The highest BCUT2D eigenvalue weighted by atomic mass is 16.4. The van der Waals surface area contributed by atoms with Crippen molar-refractivity contribution in [2.24, 2.45) is 5.92 Å². The average Bonchev–Trinajstić information content (AvgIpc) is 3.29. The first-order valence-corrected chi connectivity index (χ1v) is 8.31. The third kappa shape index (κ3) is 2.79. The average molecular weight is 325 g/mol. The number of carbonyl (C=O) groups is 2. The fraction of sp³-hybridized carbons (Fsp3) is 0.389. The molecule has 2 aliphatic carbocycles. The van der Waals surface area contributed by atoms with Crippen molar-refractivity contribution in [2.45, 2.75) is 37.6 Å². The highest BCUT2D eigenvalue weighted by molar-refractivity contribution is 5.93. The highest BCUT2D eigenvalue weighted by Crippen LogP contribution is 2.39. The number of benzene rings is 1. The Kier molecular flexibility index (Phi) is 3.59. The van der Waals surface area contributed by atoms with E-state index in [9.17, 15) is 9.59 Å². The van der Waals surface area contributed by atoms with Crippen LogP contribution in [0.1, 0.15) is 47.8 Å². The molecule has 4 rings (SSSR count). The van der Waals surface area contributed by atoms with Crippen LogP contribution in [0.2, 0.25) is 0 Å². The molecular formula is C18H19N3O3. The van der Waals surface area contributed by atoms with Gasteiger partial charge in [0.1, 0.15) is 5.69 Å². The third-order valence-electron chi connectivity index (χ3n) is 4.78. The molecule has 24 heavy (non-hydrogen) atoms. The lowest BCUT2D eigenvalue weighted by Crippen LogP contribution is -2.47. The number of hydrogen-bond donors (Lipinski definition) is 2. The fourth-order valence-electron chi connectivity index (χ4n) is 3.10. The smallest absolute Gasteiger partial charge is 0.306 e. The molecule has 2 aliphatic rings. The largest absolute Gasteiger partial charge is 0.481 e. The second kappa shape index (κ2) is 5.78. The number of aliphatic carboxylic acids is 1. The Labute approximate surface area is 139 Å². The molecule has 1 heterocycles. The number of carboxylic acids is 1. The normalized spacial score (nSPS) is 22.7. The number of rotatable bonds is 5. The number of carboxylic acid groups (broad SMARTS) is 1. The molecular weight excluding hydrogens is 306 g/mol. The monoisotopic (exact) mass is 325 g/mol. The minimum Gasteiger partial charge on any atom is -0.481 e. The van der Waals surface area contributed by atoms with Crippen molar-refractivity contribution in [3.05, 3.63) is 47.8 Å². The van der Waals surface area contributed by atoms with Gasteiger partial charge in [-0.05, 0) is 43.9 Å². The van der Waals surface area contributed by atoms with Gasteiger partial charge in [-0.25, -0.2) is 4.68 Å². The zero-order valence-corrected chi connectivity index (χ0v) is 13.2. The number of carbonyl (C=O) groups excluding carboxylic acids is 1. The predicted octanol–water partition coefficient (Wildman–Crippen LogP) is 2.34. The van der Waals surface area contributed by atoms with E-state index in [1.807, 2.05) is 36.4 Å². The van der Waals surface area contributed by atoms with Crippen molar-refractivity contribution >= 4 is 11.9 Å². The van der Waals surface area contributed by atoms with Gasteiger partial charge in [0.2, 0.25) is 0 Å². The minimum atomic E-state index is -0.786. The van der Waals surface area contributed by atoms with Gasteiger partial charge < -0.3 is 10.4 Å². The van der Waals surface area contributed by atoms with Crippen molar-refractivity contribution in [2.75, 3.05) is 0 Å². The lowest BCUT2D eigenvalue weighted by atomic mass is 9.80. The Morgan fingerprint density at radius 3 is 2.50 bits per heavy atom. The van der Waals surface area contributed by atoms with Gasteiger partial charge in [0.05, 0.1) is 17.3 Å². The minimum absolute atomic E-state index is 0.0675. The van der Waals surface area contributed by atoms with Crippen LogP contribution in [-0.4, -0.2) is 32.8 Å². The molecule has 2 N–H and O–H groups in total. The summed E-state index contributed by atoms with van der Waals surface area (Å²) in [6, 6.07) is 11.4. The molecule has 2 saturated carbocycles. The van der Waals surface area contributed by atoms with Crippen LogP contribution >= 0.6 is 0 Å². The second-order valence-electron chi connectivity index (χ2n) is 6.65. The highest BCUT2D eigenvalue weighted by Gasteiger charge is 2.36. The van der Waals surface area contributed by atoms with Gasteiger partial charge in [0, 0.05) is 12.0 Å². The summed E-state index contributed by atoms with van der Waals surface area (Å²) in [5.41, 5.74) is 2.33. The van der Waals surface area contributed by atoms with Gasteiger partial charge in [-0.2, -0.15) is 5.10 Å². The van der Waals surface area contributed by atoms with E-state index in [1.165, 1.54) is 0 Å². The van der Waals surface area contributed by atoms with E-state index in [2.05, 4.69) is 10.4 Å². The summed E-state index contributed by atoms with van der Waals surface area (Å²) in [5, 5.41) is 16.5. The Hall–Kier alpha value is -2.63. The molecule has 1 amide bonds. The molecule has 0 radical (unpaired) electrons. The molecule has 0 saturated heterocycles. The molecule has 6 heteroatoms. The maximum Gasteiger partial charge on any atom is 0.306 e. The summed E-state index contributed by atoms with van der Waals surface area (Å²) in [4.78, 5) is 23.5. The van der Waals surface area contributed by atoms with Crippen molar-refractivity contribution < 1.29 is 14.7 Å². The molecule has 6 nitrogen and oxygen atoms in total. The second-order valence-corrected chi connectivity index (χ2v) is 6.65. The molecule has 0 spiro atoms. The molecule has 1 aromatic heterocycles. The molecule has 2 fully saturated rings. The summed E-state index contributed by atoms with van der Waals surface area (Å²) in [5.74, 6) is -0.851. The Bertz CT molecular complexity index is 774. The topological polar surface area (TPSA) is 84.2 Å².